The van der Waals surface area contributed by atoms with E-state index in [9.17, 15) is 9.59 Å². The highest BCUT2D eigenvalue weighted by Gasteiger charge is 2.19. The first kappa shape index (κ1) is 25.4. The zero-order valence-corrected chi connectivity index (χ0v) is 19.7. The van der Waals surface area contributed by atoms with Gasteiger partial charge in [-0.05, 0) is 46.0 Å². The first-order valence-corrected chi connectivity index (χ1v) is 11.5. The van der Waals surface area contributed by atoms with Gasteiger partial charge in [0.2, 0.25) is 0 Å². The van der Waals surface area contributed by atoms with Crippen LogP contribution in [0.15, 0.2) is 97.1 Å². The number of carboxylic acids is 1. The summed E-state index contributed by atoms with van der Waals surface area (Å²) in [6.45, 7) is 0.136. The van der Waals surface area contributed by atoms with Crippen LogP contribution in [0.2, 0.25) is 0 Å². The summed E-state index contributed by atoms with van der Waals surface area (Å²) in [6, 6.07) is 25.7. The Morgan fingerprint density at radius 1 is 0.838 bits per heavy atom. The van der Waals surface area contributed by atoms with Crippen LogP contribution in [0.1, 0.15) is 27.0 Å². The van der Waals surface area contributed by atoms with Gasteiger partial charge in [-0.2, -0.15) is 0 Å². The lowest BCUT2D eigenvalue weighted by atomic mass is 10.1. The van der Waals surface area contributed by atoms with Crippen molar-refractivity contribution in [1.29, 1.82) is 0 Å². The van der Waals surface area contributed by atoms with E-state index in [2.05, 4.69) is 4.98 Å². The van der Waals surface area contributed by atoms with Gasteiger partial charge in [0.15, 0.2) is 6.29 Å². The largest absolute Gasteiger partial charge is 0.478 e. The summed E-state index contributed by atoms with van der Waals surface area (Å²) in [4.78, 5) is 27.2. The highest BCUT2D eigenvalue weighted by molar-refractivity contribution is 5.98. The third kappa shape index (κ3) is 6.91. The Balaban J connectivity index is 1.65. The van der Waals surface area contributed by atoms with Crippen molar-refractivity contribution in [2.45, 2.75) is 12.9 Å². The smallest absolute Gasteiger partial charge is 0.340 e. The summed E-state index contributed by atoms with van der Waals surface area (Å²) >= 11 is 0. The first-order valence-electron chi connectivity index (χ1n) is 11.5. The number of carboxylic acid groups (broad SMARTS) is 1. The van der Waals surface area contributed by atoms with Crippen LogP contribution >= 0.6 is 0 Å². The Hall–Kier alpha value is -4.72. The quantitative estimate of drug-likeness (QED) is 0.145. The van der Waals surface area contributed by atoms with Gasteiger partial charge in [0, 0.05) is 11.8 Å². The molecule has 4 aromatic rings. The van der Waals surface area contributed by atoms with Gasteiger partial charge in [-0.1, -0.05) is 84.9 Å². The van der Waals surface area contributed by atoms with Crippen molar-refractivity contribution < 1.29 is 29.6 Å². The number of carbonyl (C=O) groups excluding carboxylic acids is 1. The molecule has 0 aliphatic heterocycles. The van der Waals surface area contributed by atoms with Crippen LogP contribution < -0.4 is 0 Å². The second kappa shape index (κ2) is 11.8. The minimum Gasteiger partial charge on any atom is -0.478 e. The number of hydrogen-bond acceptors (Lipinski definition) is 5. The molecule has 4 rings (SSSR count). The number of carbonyl (C=O) groups is 2. The number of aliphatic hydroxyl groups excluding tert-OH is 1. The van der Waals surface area contributed by atoms with E-state index in [0.717, 1.165) is 33.9 Å². The molecule has 0 unspecified atom stereocenters. The molecule has 186 valence electrons. The molecule has 0 aliphatic rings. The van der Waals surface area contributed by atoms with Crippen molar-refractivity contribution in [2.24, 2.45) is 0 Å². The van der Waals surface area contributed by atoms with Gasteiger partial charge in [0.05, 0.1) is 11.3 Å². The first-order chi connectivity index (χ1) is 17.9. The Morgan fingerprint density at radius 3 is 2.08 bits per heavy atom. The molecule has 7 nitrogen and oxygen atoms in total. The Bertz CT molecular complexity index is 1420. The molecular formula is C30H25NO6. The number of hydrogen-bond donors (Lipinski definition) is 4. The van der Waals surface area contributed by atoms with E-state index in [4.69, 9.17) is 20.1 Å². The zero-order chi connectivity index (χ0) is 26.2. The van der Waals surface area contributed by atoms with E-state index in [0.29, 0.717) is 17.0 Å². The maximum absolute atomic E-state index is 13.1. The van der Waals surface area contributed by atoms with Gasteiger partial charge in [-0.3, -0.25) is 0 Å². The van der Waals surface area contributed by atoms with E-state index in [1.165, 1.54) is 12.2 Å². The van der Waals surface area contributed by atoms with Gasteiger partial charge in [-0.15, -0.1) is 0 Å². The number of rotatable bonds is 9. The molecule has 7 heteroatoms. The highest BCUT2D eigenvalue weighted by Crippen LogP contribution is 2.30. The Morgan fingerprint density at radius 2 is 1.46 bits per heavy atom. The third-order valence-corrected chi connectivity index (χ3v) is 5.55. The molecule has 1 aromatic heterocycles. The average molecular weight is 496 g/mol. The van der Waals surface area contributed by atoms with Crippen molar-refractivity contribution in [3.8, 4) is 22.5 Å². The van der Waals surface area contributed by atoms with Crippen LogP contribution in [0, 0.1) is 0 Å². The lowest BCUT2D eigenvalue weighted by Crippen LogP contribution is -2.05. The number of H-pyrrole nitrogens is 1. The third-order valence-electron chi connectivity index (χ3n) is 5.55. The van der Waals surface area contributed by atoms with E-state index >= 15 is 0 Å². The molecule has 0 radical (unpaired) electrons. The number of aliphatic carboxylic acids is 1. The van der Waals surface area contributed by atoms with Crippen molar-refractivity contribution in [3.05, 3.63) is 119 Å². The van der Waals surface area contributed by atoms with Crippen LogP contribution in [-0.4, -0.2) is 38.5 Å². The molecule has 0 atom stereocenters. The molecule has 4 N–H and O–H groups in total. The molecule has 37 heavy (non-hydrogen) atoms. The minimum absolute atomic E-state index is 0.136. The Labute approximate surface area is 213 Å². The van der Waals surface area contributed by atoms with E-state index in [1.54, 1.807) is 36.4 Å². The second-order valence-corrected chi connectivity index (χ2v) is 8.22. The summed E-state index contributed by atoms with van der Waals surface area (Å²) < 4.78 is 5.60. The lowest BCUT2D eigenvalue weighted by Gasteiger charge is -2.07. The fourth-order valence-corrected chi connectivity index (χ4v) is 3.70. The number of benzene rings is 3. The van der Waals surface area contributed by atoms with Gasteiger partial charge in [0.25, 0.3) is 0 Å². The zero-order valence-electron chi connectivity index (χ0n) is 19.7. The van der Waals surface area contributed by atoms with Crippen LogP contribution in [0.4, 0.5) is 0 Å². The average Bonchev–Trinajstić information content (AvgIpc) is 3.36. The summed E-state index contributed by atoms with van der Waals surface area (Å²) in [5.74, 6) is -1.50. The topological polar surface area (TPSA) is 120 Å². The molecular weight excluding hydrogens is 470 g/mol. The molecule has 1 heterocycles. The fourth-order valence-electron chi connectivity index (χ4n) is 3.70. The fraction of sp³-hybridized carbons (Fsp3) is 0.0667. The summed E-state index contributed by atoms with van der Waals surface area (Å²) in [7, 11) is 0. The maximum Gasteiger partial charge on any atom is 0.340 e. The summed E-state index contributed by atoms with van der Waals surface area (Å²) in [6.07, 6.45) is 3.88. The predicted molar refractivity (Wildman–Crippen MR) is 141 cm³/mol. The van der Waals surface area contributed by atoms with E-state index < -0.39 is 18.2 Å². The molecule has 0 saturated heterocycles. The van der Waals surface area contributed by atoms with Crippen molar-refractivity contribution in [1.82, 2.24) is 4.98 Å². The monoisotopic (exact) mass is 495 g/mol. The van der Waals surface area contributed by atoms with E-state index in [1.807, 2.05) is 54.6 Å². The molecule has 0 saturated carbocycles. The number of aromatic amines is 1. The van der Waals surface area contributed by atoms with Gasteiger partial charge in [0.1, 0.15) is 6.61 Å². The predicted octanol–water partition coefficient (Wildman–Crippen LogP) is 5.13. The maximum atomic E-state index is 13.1. The number of esters is 1. The summed E-state index contributed by atoms with van der Waals surface area (Å²) in [5, 5.41) is 26.9. The van der Waals surface area contributed by atoms with Crippen LogP contribution in [-0.2, 0) is 16.1 Å². The molecule has 0 aliphatic carbocycles. The molecule has 0 spiro atoms. The second-order valence-electron chi connectivity index (χ2n) is 8.22. The molecule has 0 amide bonds. The number of aliphatic hydroxyl groups is 2. The standard InChI is InChI=1S/C30H25NO6/c32-27(33)16-10-20-6-12-23(13-7-20)26-18-25(30(36)37-19-22-4-2-1-3-5-22)29(31-26)24-14-8-21(9-15-24)11-17-28(34)35/h1-18,28,31,34-35H,19H2,(H,32,33)/b16-10+,17-11+. The SMILES string of the molecule is O=C(O)/C=C/c1ccc(-c2cc(C(=O)OCc3ccccc3)c(-c3ccc(/C=C/C(O)O)cc3)[nH]2)cc1. The van der Waals surface area contributed by atoms with E-state index in [-0.39, 0.29) is 6.61 Å². The summed E-state index contributed by atoms with van der Waals surface area (Å²) in [5.41, 5.74) is 5.59. The number of nitrogens with one attached hydrogen (secondary N) is 1. The number of ether oxygens (including phenoxy) is 1. The van der Waals surface area contributed by atoms with Gasteiger partial charge in [-0.25, -0.2) is 9.59 Å². The van der Waals surface area contributed by atoms with Gasteiger partial charge < -0.3 is 25.0 Å². The van der Waals surface area contributed by atoms with Crippen molar-refractivity contribution in [3.63, 3.8) is 0 Å². The molecule has 0 bridgehead atoms. The van der Waals surface area contributed by atoms with Crippen LogP contribution in [0.3, 0.4) is 0 Å². The minimum atomic E-state index is -1.54. The van der Waals surface area contributed by atoms with Crippen molar-refractivity contribution >= 4 is 24.1 Å². The number of aromatic nitrogens is 1. The van der Waals surface area contributed by atoms with Crippen LogP contribution in [0.5, 0.6) is 0 Å². The van der Waals surface area contributed by atoms with Gasteiger partial charge >= 0.3 is 11.9 Å². The highest BCUT2D eigenvalue weighted by atomic mass is 16.5. The Kier molecular flexibility index (Phi) is 8.10. The van der Waals surface area contributed by atoms with Crippen molar-refractivity contribution in [2.75, 3.05) is 0 Å². The molecule has 0 fully saturated rings. The lowest BCUT2D eigenvalue weighted by molar-refractivity contribution is -0.131. The normalized spacial score (nSPS) is 11.4. The molecule has 3 aromatic carbocycles. The van der Waals surface area contributed by atoms with Crippen LogP contribution in [0.25, 0.3) is 34.7 Å².